The minimum Gasteiger partial charge on any atom is -0.323 e. The summed E-state index contributed by atoms with van der Waals surface area (Å²) in [4.78, 5) is 2.64. The first kappa shape index (κ1) is 16.5. The van der Waals surface area contributed by atoms with E-state index >= 15 is 0 Å². The van der Waals surface area contributed by atoms with Gasteiger partial charge in [-0.05, 0) is 35.8 Å². The van der Waals surface area contributed by atoms with Crippen LogP contribution in [0.2, 0.25) is 0 Å². The van der Waals surface area contributed by atoms with Crippen LogP contribution in [0.5, 0.6) is 0 Å². The molecule has 1 aliphatic rings. The third-order valence-corrected chi connectivity index (χ3v) is 5.10. The summed E-state index contributed by atoms with van der Waals surface area (Å²) < 4.78 is 0. The fourth-order valence-electron chi connectivity index (χ4n) is 3.70. The molecule has 3 unspecified atom stereocenters. The number of nitrogens with zero attached hydrogens (tertiary/aromatic N) is 1. The molecule has 2 N–H and O–H groups in total. The lowest BCUT2D eigenvalue weighted by molar-refractivity contribution is 0.141. The SMILES string of the molecule is CC(C)C(C(N)c1ccccc1)N1CCC(C(C)(C)C)C1. The molecule has 1 aromatic carbocycles. The molecule has 118 valence electrons. The molecule has 21 heavy (non-hydrogen) atoms. The smallest absolute Gasteiger partial charge is 0.0455 e. The number of benzene rings is 1. The van der Waals surface area contributed by atoms with Crippen LogP contribution >= 0.6 is 0 Å². The van der Waals surface area contributed by atoms with E-state index in [9.17, 15) is 0 Å². The number of nitrogens with two attached hydrogens (primary N) is 1. The molecule has 0 bridgehead atoms. The highest BCUT2D eigenvalue weighted by molar-refractivity contribution is 5.20. The number of likely N-dealkylation sites (tertiary alicyclic amines) is 1. The van der Waals surface area contributed by atoms with E-state index in [4.69, 9.17) is 5.73 Å². The molecule has 1 fully saturated rings. The quantitative estimate of drug-likeness (QED) is 0.904. The van der Waals surface area contributed by atoms with Crippen LogP contribution in [0.4, 0.5) is 0 Å². The van der Waals surface area contributed by atoms with Crippen LogP contribution in [-0.4, -0.2) is 24.0 Å². The Morgan fingerprint density at radius 1 is 1.14 bits per heavy atom. The van der Waals surface area contributed by atoms with E-state index in [0.717, 1.165) is 5.92 Å². The highest BCUT2D eigenvalue weighted by Crippen LogP contribution is 2.37. The normalized spacial score (nSPS) is 23.5. The molecule has 1 aromatic rings. The van der Waals surface area contributed by atoms with Crippen LogP contribution in [0.3, 0.4) is 0 Å². The number of hydrogen-bond donors (Lipinski definition) is 1. The summed E-state index contributed by atoms with van der Waals surface area (Å²) in [5.74, 6) is 1.35. The van der Waals surface area contributed by atoms with Gasteiger partial charge >= 0.3 is 0 Å². The van der Waals surface area contributed by atoms with Crippen LogP contribution in [0.25, 0.3) is 0 Å². The third kappa shape index (κ3) is 3.87. The lowest BCUT2D eigenvalue weighted by atomic mass is 9.80. The molecule has 0 radical (unpaired) electrons. The Balaban J connectivity index is 2.14. The molecule has 3 atom stereocenters. The van der Waals surface area contributed by atoms with Crippen molar-refractivity contribution in [2.75, 3.05) is 13.1 Å². The molecule has 1 saturated heterocycles. The van der Waals surface area contributed by atoms with E-state index in [1.165, 1.54) is 25.1 Å². The largest absolute Gasteiger partial charge is 0.323 e. The van der Waals surface area contributed by atoms with Crippen molar-refractivity contribution in [1.29, 1.82) is 0 Å². The van der Waals surface area contributed by atoms with Gasteiger partial charge in [-0.2, -0.15) is 0 Å². The summed E-state index contributed by atoms with van der Waals surface area (Å²) in [5.41, 5.74) is 8.29. The van der Waals surface area contributed by atoms with Crippen LogP contribution < -0.4 is 5.73 Å². The van der Waals surface area contributed by atoms with Crippen molar-refractivity contribution in [3.05, 3.63) is 35.9 Å². The summed E-state index contributed by atoms with van der Waals surface area (Å²) >= 11 is 0. The Morgan fingerprint density at radius 3 is 2.24 bits per heavy atom. The Bertz CT molecular complexity index is 433. The molecule has 0 saturated carbocycles. The first-order chi connectivity index (χ1) is 9.80. The van der Waals surface area contributed by atoms with Gasteiger partial charge in [-0.15, -0.1) is 0 Å². The molecule has 0 spiro atoms. The zero-order chi connectivity index (χ0) is 15.6. The maximum Gasteiger partial charge on any atom is 0.0455 e. The minimum absolute atomic E-state index is 0.102. The molecule has 2 nitrogen and oxygen atoms in total. The summed E-state index contributed by atoms with van der Waals surface area (Å²) in [7, 11) is 0. The molecule has 0 amide bonds. The lowest BCUT2D eigenvalue weighted by Crippen LogP contribution is -2.45. The van der Waals surface area contributed by atoms with Gasteiger partial charge in [0.2, 0.25) is 0 Å². The minimum atomic E-state index is 0.102. The molecule has 0 aromatic heterocycles. The average molecular weight is 288 g/mol. The molecule has 1 heterocycles. The topological polar surface area (TPSA) is 29.3 Å². The second-order valence-corrected chi connectivity index (χ2v) is 8.02. The highest BCUT2D eigenvalue weighted by atomic mass is 15.2. The van der Waals surface area contributed by atoms with Crippen molar-refractivity contribution in [3.63, 3.8) is 0 Å². The lowest BCUT2D eigenvalue weighted by Gasteiger charge is -2.37. The van der Waals surface area contributed by atoms with Gasteiger partial charge < -0.3 is 5.73 Å². The summed E-state index contributed by atoms with van der Waals surface area (Å²) in [5, 5.41) is 0. The average Bonchev–Trinajstić information content (AvgIpc) is 2.89. The van der Waals surface area contributed by atoms with Gasteiger partial charge in [-0.1, -0.05) is 65.0 Å². The predicted molar refractivity (Wildman–Crippen MR) is 91.1 cm³/mol. The van der Waals surface area contributed by atoms with Crippen molar-refractivity contribution in [1.82, 2.24) is 4.90 Å². The Kier molecular flexibility index (Phi) is 5.11. The van der Waals surface area contributed by atoms with Gasteiger partial charge in [0.05, 0.1) is 0 Å². The molecule has 2 heteroatoms. The Morgan fingerprint density at radius 2 is 1.76 bits per heavy atom. The van der Waals surface area contributed by atoms with Crippen molar-refractivity contribution in [2.24, 2.45) is 23.0 Å². The van der Waals surface area contributed by atoms with Gasteiger partial charge in [-0.3, -0.25) is 4.90 Å². The van der Waals surface area contributed by atoms with Gasteiger partial charge in [0, 0.05) is 18.6 Å². The monoisotopic (exact) mass is 288 g/mol. The Labute approximate surface area is 130 Å². The maximum atomic E-state index is 6.63. The van der Waals surface area contributed by atoms with E-state index in [1.54, 1.807) is 0 Å². The first-order valence-electron chi connectivity index (χ1n) is 8.35. The van der Waals surface area contributed by atoms with Gasteiger partial charge in [0.15, 0.2) is 0 Å². The van der Waals surface area contributed by atoms with E-state index in [1.807, 2.05) is 0 Å². The van der Waals surface area contributed by atoms with Gasteiger partial charge in [0.25, 0.3) is 0 Å². The van der Waals surface area contributed by atoms with E-state index in [-0.39, 0.29) is 6.04 Å². The van der Waals surface area contributed by atoms with Crippen molar-refractivity contribution in [2.45, 2.75) is 53.1 Å². The third-order valence-electron chi connectivity index (χ3n) is 5.10. The predicted octanol–water partition coefficient (Wildman–Crippen LogP) is 4.08. The van der Waals surface area contributed by atoms with E-state index < -0.39 is 0 Å². The summed E-state index contributed by atoms with van der Waals surface area (Å²) in [6.45, 7) is 14.1. The van der Waals surface area contributed by atoms with Crippen molar-refractivity contribution in [3.8, 4) is 0 Å². The fourth-order valence-corrected chi connectivity index (χ4v) is 3.70. The first-order valence-corrected chi connectivity index (χ1v) is 8.35. The zero-order valence-electron chi connectivity index (χ0n) is 14.3. The van der Waals surface area contributed by atoms with E-state index in [0.29, 0.717) is 17.4 Å². The van der Waals surface area contributed by atoms with E-state index in [2.05, 4.69) is 69.9 Å². The summed E-state index contributed by atoms with van der Waals surface area (Å²) in [6.07, 6.45) is 1.30. The fraction of sp³-hybridized carbons (Fsp3) is 0.684. The van der Waals surface area contributed by atoms with Crippen molar-refractivity contribution < 1.29 is 0 Å². The van der Waals surface area contributed by atoms with Crippen LogP contribution in [-0.2, 0) is 0 Å². The second-order valence-electron chi connectivity index (χ2n) is 8.02. The summed E-state index contributed by atoms with van der Waals surface area (Å²) in [6, 6.07) is 11.1. The van der Waals surface area contributed by atoms with Crippen LogP contribution in [0, 0.1) is 17.3 Å². The number of rotatable bonds is 4. The number of hydrogen-bond acceptors (Lipinski definition) is 2. The molecular formula is C19H32N2. The maximum absolute atomic E-state index is 6.63. The second kappa shape index (κ2) is 6.50. The van der Waals surface area contributed by atoms with Gasteiger partial charge in [0.1, 0.15) is 0 Å². The van der Waals surface area contributed by atoms with Crippen molar-refractivity contribution >= 4 is 0 Å². The van der Waals surface area contributed by atoms with Crippen LogP contribution in [0.15, 0.2) is 30.3 Å². The van der Waals surface area contributed by atoms with Crippen LogP contribution in [0.1, 0.15) is 52.6 Å². The highest BCUT2D eigenvalue weighted by Gasteiger charge is 2.37. The molecule has 0 aliphatic carbocycles. The molecule has 2 rings (SSSR count). The van der Waals surface area contributed by atoms with Gasteiger partial charge in [-0.25, -0.2) is 0 Å². The standard InChI is InChI=1S/C19H32N2/c1-14(2)18(17(20)15-9-7-6-8-10-15)21-12-11-16(13-21)19(3,4)5/h6-10,14,16-18H,11-13,20H2,1-5H3. The molecular weight excluding hydrogens is 256 g/mol. The Hall–Kier alpha value is -0.860. The zero-order valence-corrected chi connectivity index (χ0v) is 14.3. The molecule has 1 aliphatic heterocycles.